The van der Waals surface area contributed by atoms with Gasteiger partial charge in [0, 0.05) is 0 Å². The molecular formula is C6H7F4N. The zero-order valence-electron chi connectivity index (χ0n) is 5.82. The Morgan fingerprint density at radius 3 is 2.18 bits per heavy atom. The first-order valence-electron chi connectivity index (χ1n) is 3.02. The van der Waals surface area contributed by atoms with E-state index in [-0.39, 0.29) is 0 Å². The molecule has 0 bridgehead atoms. The van der Waals surface area contributed by atoms with Gasteiger partial charge in [-0.25, -0.2) is 8.78 Å². The first kappa shape index (κ1) is 10.2. The Bertz CT molecular complexity index is 162. The van der Waals surface area contributed by atoms with Gasteiger partial charge in [-0.1, -0.05) is 6.92 Å². The average Bonchev–Trinajstić information content (AvgIpc) is 2.01. The fourth-order valence-electron chi connectivity index (χ4n) is 0.517. The third-order valence-corrected chi connectivity index (χ3v) is 1.23. The van der Waals surface area contributed by atoms with Crippen LogP contribution in [0, 0.1) is 11.3 Å². The summed E-state index contributed by atoms with van der Waals surface area (Å²) in [4.78, 5) is 0. The van der Waals surface area contributed by atoms with Crippen LogP contribution in [0.4, 0.5) is 17.6 Å². The minimum absolute atomic E-state index is 0.505. The molecule has 0 fully saturated rings. The molecule has 1 nitrogen and oxygen atoms in total. The molecule has 0 aliphatic rings. The number of halogens is 4. The topological polar surface area (TPSA) is 23.8 Å². The van der Waals surface area contributed by atoms with Crippen molar-refractivity contribution in [1.82, 2.24) is 0 Å². The van der Waals surface area contributed by atoms with Crippen molar-refractivity contribution in [3.05, 3.63) is 0 Å². The molecule has 0 radical (unpaired) electrons. The van der Waals surface area contributed by atoms with Gasteiger partial charge in [0.25, 0.3) is 6.17 Å². The van der Waals surface area contributed by atoms with Crippen LogP contribution in [-0.2, 0) is 0 Å². The van der Waals surface area contributed by atoms with E-state index in [0.29, 0.717) is 6.07 Å². The Balaban J connectivity index is 4.33. The zero-order chi connectivity index (χ0) is 9.07. The molecule has 0 saturated carbocycles. The first-order chi connectivity index (χ1) is 4.96. The fraction of sp³-hybridized carbons (Fsp3) is 0.833. The molecule has 2 unspecified atom stereocenters. The molecule has 0 rings (SSSR count). The SMILES string of the molecule is CCC(F)C(F)(F)C(F)C#N. The standard InChI is InChI=1S/C6H7F4N/c1-2-4(7)6(9,10)5(8)3-11/h4-5H,2H2,1H3. The highest BCUT2D eigenvalue weighted by Crippen LogP contribution is 2.29. The van der Waals surface area contributed by atoms with Gasteiger partial charge in [0.15, 0.2) is 6.17 Å². The largest absolute Gasteiger partial charge is 0.322 e. The normalized spacial score (nSPS) is 17.1. The van der Waals surface area contributed by atoms with Crippen molar-refractivity contribution < 1.29 is 17.6 Å². The van der Waals surface area contributed by atoms with Crippen molar-refractivity contribution >= 4 is 0 Å². The Kier molecular flexibility index (Phi) is 3.30. The first-order valence-corrected chi connectivity index (χ1v) is 3.02. The number of nitriles is 1. The summed E-state index contributed by atoms with van der Waals surface area (Å²) in [6.07, 6.45) is -6.15. The van der Waals surface area contributed by atoms with Gasteiger partial charge in [-0.05, 0) is 6.42 Å². The lowest BCUT2D eigenvalue weighted by Crippen LogP contribution is -2.38. The Hall–Kier alpha value is -0.790. The van der Waals surface area contributed by atoms with Crippen LogP contribution in [0.2, 0.25) is 0 Å². The maximum Gasteiger partial charge on any atom is 0.322 e. The van der Waals surface area contributed by atoms with Gasteiger partial charge in [0.2, 0.25) is 0 Å². The van der Waals surface area contributed by atoms with Crippen molar-refractivity contribution in [3.8, 4) is 6.07 Å². The quantitative estimate of drug-likeness (QED) is 0.594. The van der Waals surface area contributed by atoms with Crippen molar-refractivity contribution in [1.29, 1.82) is 5.26 Å². The minimum atomic E-state index is -4.18. The van der Waals surface area contributed by atoms with E-state index in [2.05, 4.69) is 0 Å². The van der Waals surface area contributed by atoms with Crippen LogP contribution in [0.25, 0.3) is 0 Å². The van der Waals surface area contributed by atoms with E-state index in [4.69, 9.17) is 5.26 Å². The second-order valence-electron chi connectivity index (χ2n) is 2.04. The highest BCUT2D eigenvalue weighted by Gasteiger charge is 2.48. The average molecular weight is 169 g/mol. The summed E-state index contributed by atoms with van der Waals surface area (Å²) in [5, 5.41) is 7.74. The van der Waals surface area contributed by atoms with Crippen LogP contribution < -0.4 is 0 Å². The summed E-state index contributed by atoms with van der Waals surface area (Å²) in [6, 6.07) is 0.664. The molecule has 2 atom stereocenters. The molecular weight excluding hydrogens is 162 g/mol. The lowest BCUT2D eigenvalue weighted by molar-refractivity contribution is -0.111. The van der Waals surface area contributed by atoms with E-state index in [1.54, 1.807) is 0 Å². The van der Waals surface area contributed by atoms with Crippen LogP contribution in [0.5, 0.6) is 0 Å². The molecule has 11 heavy (non-hydrogen) atoms. The van der Waals surface area contributed by atoms with Crippen LogP contribution in [-0.4, -0.2) is 18.3 Å². The van der Waals surface area contributed by atoms with E-state index in [1.807, 2.05) is 0 Å². The monoisotopic (exact) mass is 169 g/mol. The maximum absolute atomic E-state index is 12.2. The van der Waals surface area contributed by atoms with Gasteiger partial charge in [-0.15, -0.1) is 0 Å². The van der Waals surface area contributed by atoms with Crippen LogP contribution in [0.1, 0.15) is 13.3 Å². The Morgan fingerprint density at radius 2 is 1.91 bits per heavy atom. The highest BCUT2D eigenvalue weighted by atomic mass is 19.3. The fourth-order valence-corrected chi connectivity index (χ4v) is 0.517. The Morgan fingerprint density at radius 1 is 1.45 bits per heavy atom. The summed E-state index contributed by atoms with van der Waals surface area (Å²) in [6.45, 7) is 1.16. The summed E-state index contributed by atoms with van der Waals surface area (Å²) in [7, 11) is 0. The smallest absolute Gasteiger partial charge is 0.241 e. The third kappa shape index (κ3) is 2.07. The molecule has 0 aromatic heterocycles. The highest BCUT2D eigenvalue weighted by molar-refractivity contribution is 4.97. The molecule has 0 heterocycles. The predicted octanol–water partition coefficient (Wildman–Crippen LogP) is 2.23. The number of rotatable bonds is 3. The molecule has 0 aromatic rings. The summed E-state index contributed by atoms with van der Waals surface area (Å²) in [5.74, 6) is -4.18. The third-order valence-electron chi connectivity index (χ3n) is 1.23. The van der Waals surface area contributed by atoms with Crippen molar-refractivity contribution in [2.24, 2.45) is 0 Å². The van der Waals surface area contributed by atoms with E-state index in [0.717, 1.165) is 6.92 Å². The molecule has 5 heteroatoms. The summed E-state index contributed by atoms with van der Waals surface area (Å²) in [5.41, 5.74) is 0. The van der Waals surface area contributed by atoms with E-state index in [9.17, 15) is 17.6 Å². The van der Waals surface area contributed by atoms with Gasteiger partial charge in [-0.3, -0.25) is 0 Å². The molecule has 0 aliphatic carbocycles. The maximum atomic E-state index is 12.2. The van der Waals surface area contributed by atoms with Crippen LogP contribution in [0.15, 0.2) is 0 Å². The number of nitrogens with zero attached hydrogens (tertiary/aromatic N) is 1. The molecule has 0 amide bonds. The molecule has 0 saturated heterocycles. The van der Waals surface area contributed by atoms with E-state index in [1.165, 1.54) is 0 Å². The second-order valence-corrected chi connectivity index (χ2v) is 2.04. The van der Waals surface area contributed by atoms with Gasteiger partial charge in [0.1, 0.15) is 6.07 Å². The van der Waals surface area contributed by atoms with Crippen molar-refractivity contribution in [2.45, 2.75) is 31.6 Å². The van der Waals surface area contributed by atoms with Crippen LogP contribution in [0.3, 0.4) is 0 Å². The number of hydrogen-bond acceptors (Lipinski definition) is 1. The van der Waals surface area contributed by atoms with Gasteiger partial charge in [0.05, 0.1) is 0 Å². The lowest BCUT2D eigenvalue weighted by atomic mass is 10.1. The molecule has 0 N–H and O–H groups in total. The van der Waals surface area contributed by atoms with Crippen LogP contribution >= 0.6 is 0 Å². The van der Waals surface area contributed by atoms with Crippen molar-refractivity contribution in [3.63, 3.8) is 0 Å². The minimum Gasteiger partial charge on any atom is -0.241 e. The summed E-state index contributed by atoms with van der Waals surface area (Å²) >= 11 is 0. The molecule has 0 aromatic carbocycles. The van der Waals surface area contributed by atoms with E-state index < -0.39 is 24.7 Å². The van der Waals surface area contributed by atoms with Gasteiger partial charge >= 0.3 is 5.92 Å². The Labute approximate surface area is 61.6 Å². The van der Waals surface area contributed by atoms with Gasteiger partial charge in [-0.2, -0.15) is 14.0 Å². The molecule has 0 aliphatic heterocycles. The number of alkyl halides is 4. The molecule has 0 spiro atoms. The zero-order valence-corrected chi connectivity index (χ0v) is 5.82. The second kappa shape index (κ2) is 3.56. The molecule has 64 valence electrons. The predicted molar refractivity (Wildman–Crippen MR) is 30.6 cm³/mol. The summed E-state index contributed by atoms with van der Waals surface area (Å²) < 4.78 is 48.7. The van der Waals surface area contributed by atoms with Gasteiger partial charge < -0.3 is 0 Å². The number of hydrogen-bond donors (Lipinski definition) is 0. The van der Waals surface area contributed by atoms with Crippen molar-refractivity contribution in [2.75, 3.05) is 0 Å². The lowest BCUT2D eigenvalue weighted by Gasteiger charge is -2.18. The van der Waals surface area contributed by atoms with E-state index >= 15 is 0 Å².